The monoisotopic (exact) mass is 411 g/mol. The Bertz CT molecular complexity index is 937. The molecule has 0 saturated carbocycles. The van der Waals surface area contributed by atoms with Gasteiger partial charge in [-0.2, -0.15) is 0 Å². The zero-order chi connectivity index (χ0) is 19.6. The number of carbonyl (C=O) groups is 2. The molecule has 1 heterocycles. The molecule has 3 rings (SSSR count). The third-order valence-electron chi connectivity index (χ3n) is 3.82. The van der Waals surface area contributed by atoms with Crippen LogP contribution in [0.2, 0.25) is 10.0 Å². The molecule has 1 N–H and O–H groups in total. The summed E-state index contributed by atoms with van der Waals surface area (Å²) >= 11 is 11.9. The van der Waals surface area contributed by atoms with Crippen LogP contribution in [0.4, 0.5) is 19.3 Å². The number of halogens is 4. The van der Waals surface area contributed by atoms with Gasteiger partial charge in [0.05, 0.1) is 15.7 Å². The van der Waals surface area contributed by atoms with Crippen LogP contribution in [0.25, 0.3) is 0 Å². The first-order valence-corrected chi connectivity index (χ1v) is 8.53. The average molecular weight is 412 g/mol. The van der Waals surface area contributed by atoms with E-state index >= 15 is 0 Å². The van der Waals surface area contributed by atoms with Crippen LogP contribution in [0, 0.1) is 11.6 Å². The van der Waals surface area contributed by atoms with Gasteiger partial charge in [0.2, 0.25) is 5.91 Å². The second kappa shape index (κ2) is 7.94. The normalized spacial score (nSPS) is 13.9. The van der Waals surface area contributed by atoms with E-state index in [9.17, 15) is 18.4 Å². The fourth-order valence-corrected chi connectivity index (χ4v) is 2.78. The maximum Gasteiger partial charge on any atom is 0.327 e. The summed E-state index contributed by atoms with van der Waals surface area (Å²) < 4.78 is 26.7. The Kier molecular flexibility index (Phi) is 5.62. The van der Waals surface area contributed by atoms with E-state index in [1.807, 2.05) is 0 Å². The summed E-state index contributed by atoms with van der Waals surface area (Å²) in [5.74, 6) is -1.94. The molecule has 0 spiro atoms. The molecule has 1 aliphatic rings. The maximum absolute atomic E-state index is 13.7. The molecule has 140 valence electrons. The van der Waals surface area contributed by atoms with Crippen LogP contribution in [0.15, 0.2) is 48.7 Å². The highest BCUT2D eigenvalue weighted by Gasteiger charge is 2.23. The highest BCUT2D eigenvalue weighted by atomic mass is 35.5. The topological polar surface area (TPSA) is 52.7 Å². The van der Waals surface area contributed by atoms with Crippen molar-refractivity contribution in [3.63, 3.8) is 0 Å². The molecule has 5 nitrogen and oxygen atoms in total. The molecular formula is C18H13Cl2F2N3O2. The van der Waals surface area contributed by atoms with E-state index < -0.39 is 17.7 Å². The van der Waals surface area contributed by atoms with E-state index in [4.69, 9.17) is 23.2 Å². The van der Waals surface area contributed by atoms with E-state index in [1.54, 1.807) is 18.2 Å². The summed E-state index contributed by atoms with van der Waals surface area (Å²) in [5, 5.41) is 3.09. The molecule has 0 bridgehead atoms. The molecular weight excluding hydrogens is 399 g/mol. The number of urea groups is 1. The van der Waals surface area contributed by atoms with E-state index in [2.05, 4.69) is 5.32 Å². The zero-order valence-corrected chi connectivity index (χ0v) is 15.3. The summed E-state index contributed by atoms with van der Waals surface area (Å²) in [4.78, 5) is 27.0. The highest BCUT2D eigenvalue weighted by molar-refractivity contribution is 6.42. The first-order chi connectivity index (χ1) is 12.8. The number of nitrogens with one attached hydrogen (secondary N) is 1. The summed E-state index contributed by atoms with van der Waals surface area (Å²) in [6.07, 6.45) is 2.52. The van der Waals surface area contributed by atoms with Gasteiger partial charge in [0.25, 0.3) is 0 Å². The molecule has 0 aromatic heterocycles. The van der Waals surface area contributed by atoms with Crippen LogP contribution >= 0.6 is 23.2 Å². The number of carbonyl (C=O) groups excluding carboxylic acids is 2. The third-order valence-corrected chi connectivity index (χ3v) is 4.56. The maximum atomic E-state index is 13.7. The predicted molar refractivity (Wildman–Crippen MR) is 98.2 cm³/mol. The Morgan fingerprint density at radius 3 is 2.59 bits per heavy atom. The summed E-state index contributed by atoms with van der Waals surface area (Å²) in [6.45, 7) is 0.152. The Balaban J connectivity index is 1.70. The minimum atomic E-state index is -0.895. The van der Waals surface area contributed by atoms with Gasteiger partial charge in [-0.1, -0.05) is 29.3 Å². The minimum absolute atomic E-state index is 0.0514. The van der Waals surface area contributed by atoms with E-state index in [0.717, 1.165) is 17.7 Å². The van der Waals surface area contributed by atoms with Gasteiger partial charge in [-0.3, -0.25) is 9.69 Å². The molecule has 0 unspecified atom stereocenters. The minimum Gasteiger partial charge on any atom is -0.317 e. The van der Waals surface area contributed by atoms with Crippen LogP contribution in [0.1, 0.15) is 5.56 Å². The highest BCUT2D eigenvalue weighted by Crippen LogP contribution is 2.24. The summed E-state index contributed by atoms with van der Waals surface area (Å²) in [5.41, 5.74) is 0.570. The number of nitrogens with zero attached hydrogens (tertiary/aromatic N) is 2. The van der Waals surface area contributed by atoms with Crippen LogP contribution in [-0.4, -0.2) is 28.4 Å². The van der Waals surface area contributed by atoms with E-state index in [1.165, 1.54) is 22.1 Å². The molecule has 0 aliphatic carbocycles. The third kappa shape index (κ3) is 4.56. The van der Waals surface area contributed by atoms with Gasteiger partial charge in [0.15, 0.2) is 0 Å². The summed E-state index contributed by atoms with van der Waals surface area (Å²) in [6, 6.07) is 7.13. The van der Waals surface area contributed by atoms with Crippen LogP contribution in [0.3, 0.4) is 0 Å². The van der Waals surface area contributed by atoms with Gasteiger partial charge in [-0.05, 0) is 29.8 Å². The Morgan fingerprint density at radius 1 is 1.11 bits per heavy atom. The summed E-state index contributed by atoms with van der Waals surface area (Å²) in [7, 11) is 0. The first kappa shape index (κ1) is 19.1. The molecule has 1 aliphatic heterocycles. The largest absolute Gasteiger partial charge is 0.327 e. The molecule has 0 atom stereocenters. The lowest BCUT2D eigenvalue weighted by molar-refractivity contribution is -0.128. The quantitative estimate of drug-likeness (QED) is 0.800. The van der Waals surface area contributed by atoms with Crippen molar-refractivity contribution >= 4 is 40.8 Å². The fourth-order valence-electron chi connectivity index (χ4n) is 2.46. The lowest BCUT2D eigenvalue weighted by atomic mass is 10.2. The number of hydrogen-bond donors (Lipinski definition) is 1. The van der Waals surface area contributed by atoms with E-state index in [-0.39, 0.29) is 24.8 Å². The first-order valence-electron chi connectivity index (χ1n) is 7.77. The number of amides is 3. The standard InChI is InChI=1S/C18H13Cl2F2N3O2/c19-13-3-1-11(7-14(13)20)9-25-10-24(6-5-17(25)26)18(27)23-16-4-2-12(21)8-15(16)22/h1-8H,9-10H2,(H,23,27). The number of benzene rings is 2. The van der Waals surface area contributed by atoms with Crippen molar-refractivity contribution in [3.05, 3.63) is 75.9 Å². The SMILES string of the molecule is O=C(Nc1ccc(F)cc1F)N1C=CC(=O)N(Cc2ccc(Cl)c(Cl)c2)C1. The van der Waals surface area contributed by atoms with Crippen molar-refractivity contribution in [1.29, 1.82) is 0 Å². The van der Waals surface area contributed by atoms with Crippen molar-refractivity contribution in [2.45, 2.75) is 6.54 Å². The van der Waals surface area contributed by atoms with Crippen molar-refractivity contribution < 1.29 is 18.4 Å². The van der Waals surface area contributed by atoms with Crippen LogP contribution in [-0.2, 0) is 11.3 Å². The molecule has 2 aromatic rings. The Labute approximate surface area is 163 Å². The predicted octanol–water partition coefficient (Wildman–Crippen LogP) is 4.62. The van der Waals surface area contributed by atoms with Gasteiger partial charge in [0, 0.05) is 24.9 Å². The molecule has 9 heteroatoms. The number of hydrogen-bond acceptors (Lipinski definition) is 2. The number of anilines is 1. The zero-order valence-electron chi connectivity index (χ0n) is 13.8. The van der Waals surface area contributed by atoms with Crippen LogP contribution < -0.4 is 5.32 Å². The van der Waals surface area contributed by atoms with Crippen molar-refractivity contribution in [3.8, 4) is 0 Å². The van der Waals surface area contributed by atoms with Crippen molar-refractivity contribution in [2.75, 3.05) is 12.0 Å². The molecule has 2 aromatic carbocycles. The molecule has 0 fully saturated rings. The van der Waals surface area contributed by atoms with Gasteiger partial charge >= 0.3 is 6.03 Å². The second-order valence-electron chi connectivity index (χ2n) is 5.77. The van der Waals surface area contributed by atoms with Gasteiger partial charge in [0.1, 0.15) is 18.3 Å². The molecule has 3 amide bonds. The Hall–Kier alpha value is -2.64. The van der Waals surface area contributed by atoms with E-state index in [0.29, 0.717) is 16.1 Å². The van der Waals surface area contributed by atoms with Crippen molar-refractivity contribution in [1.82, 2.24) is 9.80 Å². The molecule has 0 radical (unpaired) electrons. The van der Waals surface area contributed by atoms with Gasteiger partial charge in [-0.25, -0.2) is 13.6 Å². The Morgan fingerprint density at radius 2 is 1.89 bits per heavy atom. The lowest BCUT2D eigenvalue weighted by Gasteiger charge is -2.31. The lowest BCUT2D eigenvalue weighted by Crippen LogP contribution is -2.45. The second-order valence-corrected chi connectivity index (χ2v) is 6.58. The fraction of sp³-hybridized carbons (Fsp3) is 0.111. The van der Waals surface area contributed by atoms with Gasteiger partial charge < -0.3 is 10.2 Å². The van der Waals surface area contributed by atoms with Crippen molar-refractivity contribution in [2.24, 2.45) is 0 Å². The molecule has 27 heavy (non-hydrogen) atoms. The smallest absolute Gasteiger partial charge is 0.317 e. The number of rotatable bonds is 3. The average Bonchev–Trinajstić information content (AvgIpc) is 2.62. The molecule has 0 saturated heterocycles. The van der Waals surface area contributed by atoms with Gasteiger partial charge in [-0.15, -0.1) is 0 Å². The van der Waals surface area contributed by atoms with Crippen LogP contribution in [0.5, 0.6) is 0 Å².